The molecule has 0 radical (unpaired) electrons. The van der Waals surface area contributed by atoms with Crippen molar-refractivity contribution < 1.29 is 9.59 Å². The van der Waals surface area contributed by atoms with Crippen LogP contribution in [0.2, 0.25) is 0 Å². The first-order chi connectivity index (χ1) is 8.54. The lowest BCUT2D eigenvalue weighted by Crippen LogP contribution is -2.23. The molecule has 0 unspecified atom stereocenters. The summed E-state index contributed by atoms with van der Waals surface area (Å²) in [4.78, 5) is 26.7. The van der Waals surface area contributed by atoms with Gasteiger partial charge in [-0.05, 0) is 35.5 Å². The van der Waals surface area contributed by atoms with Crippen molar-refractivity contribution in [1.82, 2.24) is 5.32 Å². The maximum atomic E-state index is 11.6. The van der Waals surface area contributed by atoms with Gasteiger partial charge in [-0.3, -0.25) is 9.59 Å². The maximum Gasteiger partial charge on any atom is 0.286 e. The fraction of sp³-hybridized carbons (Fsp3) is 0.0833. The summed E-state index contributed by atoms with van der Waals surface area (Å²) < 4.78 is 0.977. The minimum Gasteiger partial charge on any atom is -0.305 e. The Labute approximate surface area is 117 Å². The van der Waals surface area contributed by atoms with Gasteiger partial charge in [-0.1, -0.05) is 28.1 Å². The minimum atomic E-state index is -0.327. The highest BCUT2D eigenvalue weighted by atomic mass is 79.9. The monoisotopic (exact) mass is 324 g/mol. The highest BCUT2D eigenvalue weighted by molar-refractivity contribution is 9.10. The van der Waals surface area contributed by atoms with E-state index in [0.29, 0.717) is 10.1 Å². The number of thioether (sulfide) groups is 1. The molecule has 0 aliphatic carbocycles. The highest BCUT2D eigenvalue weighted by Gasteiger charge is 2.22. The fourth-order valence-corrected chi connectivity index (χ4v) is 2.45. The van der Waals surface area contributed by atoms with Crippen LogP contribution in [0.5, 0.6) is 0 Å². The van der Waals surface area contributed by atoms with E-state index in [1.165, 1.54) is 6.92 Å². The predicted molar refractivity (Wildman–Crippen MR) is 76.0 cm³/mol. The van der Waals surface area contributed by atoms with Gasteiger partial charge in [0, 0.05) is 11.4 Å². The first-order valence-corrected chi connectivity index (χ1v) is 6.71. The zero-order valence-electron chi connectivity index (χ0n) is 9.44. The van der Waals surface area contributed by atoms with Crippen LogP contribution in [-0.2, 0) is 9.59 Å². The van der Waals surface area contributed by atoms with E-state index in [1.54, 1.807) is 6.08 Å². The molecule has 0 atom stereocenters. The Kier molecular flexibility index (Phi) is 3.98. The lowest BCUT2D eigenvalue weighted by molar-refractivity contribution is -0.117. The second-order valence-electron chi connectivity index (χ2n) is 3.57. The van der Waals surface area contributed by atoms with E-state index < -0.39 is 0 Å². The summed E-state index contributed by atoms with van der Waals surface area (Å²) in [6, 6.07) is 7.57. The molecule has 0 aromatic heterocycles. The Morgan fingerprint density at radius 2 is 2.06 bits per heavy atom. The molecule has 1 aliphatic heterocycles. The Morgan fingerprint density at radius 1 is 1.39 bits per heavy atom. The number of amides is 2. The van der Waals surface area contributed by atoms with E-state index >= 15 is 0 Å². The SMILES string of the molecule is CC(=O)NC1=NC(=O)/C(=C/c2ccc(Br)cc2)S1. The molecule has 1 N–H and O–H groups in total. The van der Waals surface area contributed by atoms with Crippen LogP contribution in [0.1, 0.15) is 12.5 Å². The van der Waals surface area contributed by atoms with Crippen molar-refractivity contribution in [2.24, 2.45) is 4.99 Å². The molecular weight excluding hydrogens is 316 g/mol. The standard InChI is InChI=1S/C12H9BrN2O2S/c1-7(16)14-12-15-11(17)10(18-12)6-8-2-4-9(13)5-3-8/h2-6H,1H3,(H,14,15,16,17)/b10-6-. The molecule has 2 amide bonds. The molecule has 1 aromatic carbocycles. The van der Waals surface area contributed by atoms with E-state index in [0.717, 1.165) is 21.8 Å². The Bertz CT molecular complexity index is 564. The number of aliphatic imine (C=N–C) groups is 1. The molecule has 2 rings (SSSR count). The number of hydrogen-bond donors (Lipinski definition) is 1. The highest BCUT2D eigenvalue weighted by Crippen LogP contribution is 2.27. The van der Waals surface area contributed by atoms with E-state index in [4.69, 9.17) is 0 Å². The number of rotatable bonds is 1. The van der Waals surface area contributed by atoms with Gasteiger partial charge in [0.2, 0.25) is 5.91 Å². The number of hydrogen-bond acceptors (Lipinski definition) is 3. The molecule has 1 aromatic rings. The average Bonchev–Trinajstić information content (AvgIpc) is 2.61. The molecule has 18 heavy (non-hydrogen) atoms. The topological polar surface area (TPSA) is 58.5 Å². The van der Waals surface area contributed by atoms with Gasteiger partial charge in [-0.25, -0.2) is 0 Å². The van der Waals surface area contributed by atoms with Crippen LogP contribution in [0.25, 0.3) is 6.08 Å². The lowest BCUT2D eigenvalue weighted by atomic mass is 10.2. The number of nitrogens with zero attached hydrogens (tertiary/aromatic N) is 1. The Balaban J connectivity index is 2.15. The number of halogens is 1. The van der Waals surface area contributed by atoms with Crippen molar-refractivity contribution in [3.63, 3.8) is 0 Å². The summed E-state index contributed by atoms with van der Waals surface area (Å²) in [5.41, 5.74) is 0.910. The molecule has 1 heterocycles. The molecule has 6 heteroatoms. The maximum absolute atomic E-state index is 11.6. The van der Waals surface area contributed by atoms with E-state index in [-0.39, 0.29) is 11.8 Å². The zero-order chi connectivity index (χ0) is 13.1. The van der Waals surface area contributed by atoms with Crippen LogP contribution >= 0.6 is 27.7 Å². The predicted octanol–water partition coefficient (Wildman–Crippen LogP) is 2.56. The van der Waals surface area contributed by atoms with E-state index in [1.807, 2.05) is 24.3 Å². The summed E-state index contributed by atoms with van der Waals surface area (Å²) in [7, 11) is 0. The fourth-order valence-electron chi connectivity index (χ4n) is 1.32. The van der Waals surface area contributed by atoms with Crippen LogP contribution in [-0.4, -0.2) is 17.0 Å². The van der Waals surface area contributed by atoms with Gasteiger partial charge in [0.05, 0.1) is 4.91 Å². The third-order valence-corrected chi connectivity index (χ3v) is 3.50. The van der Waals surface area contributed by atoms with Crippen LogP contribution in [0.3, 0.4) is 0 Å². The van der Waals surface area contributed by atoms with Crippen molar-refractivity contribution in [1.29, 1.82) is 0 Å². The quantitative estimate of drug-likeness (QED) is 0.808. The summed E-state index contributed by atoms with van der Waals surface area (Å²) in [5, 5.41) is 2.83. The Hall–Kier alpha value is -1.40. The van der Waals surface area contributed by atoms with Gasteiger partial charge < -0.3 is 5.32 Å². The Morgan fingerprint density at radius 3 is 2.67 bits per heavy atom. The average molecular weight is 325 g/mol. The van der Waals surface area contributed by atoms with Gasteiger partial charge in [-0.15, -0.1) is 0 Å². The van der Waals surface area contributed by atoms with Gasteiger partial charge in [-0.2, -0.15) is 4.99 Å². The van der Waals surface area contributed by atoms with Crippen molar-refractivity contribution >= 4 is 50.7 Å². The summed E-state index contributed by atoms with van der Waals surface area (Å²) >= 11 is 4.51. The molecule has 0 spiro atoms. The molecule has 1 aliphatic rings. The second kappa shape index (κ2) is 5.49. The van der Waals surface area contributed by atoms with Crippen LogP contribution < -0.4 is 5.32 Å². The molecule has 0 bridgehead atoms. The van der Waals surface area contributed by atoms with Crippen molar-refractivity contribution in [3.05, 3.63) is 39.2 Å². The van der Waals surface area contributed by atoms with Crippen molar-refractivity contribution in [2.45, 2.75) is 6.92 Å². The smallest absolute Gasteiger partial charge is 0.286 e. The number of carbonyl (C=O) groups excluding carboxylic acids is 2. The molecule has 92 valence electrons. The number of carbonyl (C=O) groups is 2. The third-order valence-electron chi connectivity index (χ3n) is 2.07. The summed E-state index contributed by atoms with van der Waals surface area (Å²) in [6.45, 7) is 1.38. The molecular formula is C12H9BrN2O2S. The van der Waals surface area contributed by atoms with Crippen molar-refractivity contribution in [2.75, 3.05) is 0 Å². The van der Waals surface area contributed by atoms with Crippen molar-refractivity contribution in [3.8, 4) is 0 Å². The molecule has 0 saturated heterocycles. The van der Waals surface area contributed by atoms with E-state index in [9.17, 15) is 9.59 Å². The largest absolute Gasteiger partial charge is 0.305 e. The van der Waals surface area contributed by atoms with E-state index in [2.05, 4.69) is 26.2 Å². The zero-order valence-corrected chi connectivity index (χ0v) is 11.8. The molecule has 4 nitrogen and oxygen atoms in total. The number of amidine groups is 1. The van der Waals surface area contributed by atoms with Crippen LogP contribution in [0.15, 0.2) is 38.6 Å². The van der Waals surface area contributed by atoms with Gasteiger partial charge in [0.1, 0.15) is 0 Å². The lowest BCUT2D eigenvalue weighted by Gasteiger charge is -1.98. The molecule has 0 saturated carbocycles. The van der Waals surface area contributed by atoms with Gasteiger partial charge >= 0.3 is 0 Å². The van der Waals surface area contributed by atoms with Gasteiger partial charge in [0.25, 0.3) is 5.91 Å². The summed E-state index contributed by atoms with van der Waals surface area (Å²) in [6.07, 6.45) is 1.75. The minimum absolute atomic E-state index is 0.237. The number of nitrogens with one attached hydrogen (secondary N) is 1. The third kappa shape index (κ3) is 3.30. The normalized spacial score (nSPS) is 16.9. The first-order valence-electron chi connectivity index (χ1n) is 5.10. The summed E-state index contributed by atoms with van der Waals surface area (Å²) in [5.74, 6) is -0.564. The van der Waals surface area contributed by atoms with Gasteiger partial charge in [0.15, 0.2) is 5.17 Å². The molecule has 0 fully saturated rings. The van der Waals surface area contributed by atoms with Crippen LogP contribution in [0.4, 0.5) is 0 Å². The first kappa shape index (κ1) is 13.0. The van der Waals surface area contributed by atoms with Crippen LogP contribution in [0, 0.1) is 0 Å². The second-order valence-corrected chi connectivity index (χ2v) is 5.51. The number of benzene rings is 1.